The van der Waals surface area contributed by atoms with Gasteiger partial charge < -0.3 is 4.74 Å². The van der Waals surface area contributed by atoms with Gasteiger partial charge >= 0.3 is 5.97 Å². The summed E-state index contributed by atoms with van der Waals surface area (Å²) in [5.74, 6) is -0.330. The molecule has 0 saturated heterocycles. The fourth-order valence-electron chi connectivity index (χ4n) is 1.10. The highest BCUT2D eigenvalue weighted by Crippen LogP contribution is 2.07. The molecule has 0 bridgehead atoms. The highest BCUT2D eigenvalue weighted by atomic mass is 16.5. The van der Waals surface area contributed by atoms with Gasteiger partial charge in [0.25, 0.3) is 0 Å². The van der Waals surface area contributed by atoms with E-state index in [4.69, 9.17) is 4.74 Å². The largest absolute Gasteiger partial charge is 0.462 e. The summed E-state index contributed by atoms with van der Waals surface area (Å²) in [6, 6.07) is 6.85. The molecule has 3 nitrogen and oxygen atoms in total. The van der Waals surface area contributed by atoms with Crippen molar-refractivity contribution in [2.45, 2.75) is 6.92 Å². The molecule has 78 valence electrons. The number of rotatable bonds is 4. The van der Waals surface area contributed by atoms with Crippen molar-refractivity contribution in [3.63, 3.8) is 0 Å². The zero-order chi connectivity index (χ0) is 11.1. The number of ether oxygens (including phenoxy) is 1. The van der Waals surface area contributed by atoms with Gasteiger partial charge in [-0.15, -0.1) is 0 Å². The lowest BCUT2D eigenvalue weighted by Crippen LogP contribution is -2.03. The molecule has 0 spiro atoms. The first kappa shape index (κ1) is 11.2. The number of aldehydes is 1. The van der Waals surface area contributed by atoms with Gasteiger partial charge in [-0.05, 0) is 30.7 Å². The third-order valence-corrected chi connectivity index (χ3v) is 1.79. The van der Waals surface area contributed by atoms with Crippen LogP contribution in [0.25, 0.3) is 6.08 Å². The van der Waals surface area contributed by atoms with Gasteiger partial charge in [0.2, 0.25) is 0 Å². The van der Waals surface area contributed by atoms with Crippen LogP contribution in [0.3, 0.4) is 0 Å². The number of carbonyl (C=O) groups is 2. The predicted molar refractivity (Wildman–Crippen MR) is 57.5 cm³/mol. The monoisotopic (exact) mass is 204 g/mol. The Labute approximate surface area is 88.4 Å². The molecule has 15 heavy (non-hydrogen) atoms. The van der Waals surface area contributed by atoms with Crippen molar-refractivity contribution in [2.75, 3.05) is 6.61 Å². The van der Waals surface area contributed by atoms with Crippen LogP contribution in [0.5, 0.6) is 0 Å². The number of carbonyl (C=O) groups excluding carboxylic acids is 2. The van der Waals surface area contributed by atoms with Crippen LogP contribution >= 0.6 is 0 Å². The third kappa shape index (κ3) is 3.38. The van der Waals surface area contributed by atoms with Crippen molar-refractivity contribution in [2.24, 2.45) is 0 Å². The van der Waals surface area contributed by atoms with E-state index in [-0.39, 0.29) is 5.97 Å². The minimum absolute atomic E-state index is 0.330. The first-order valence-corrected chi connectivity index (χ1v) is 4.67. The molecule has 1 aromatic rings. The average Bonchev–Trinajstić information content (AvgIpc) is 2.27. The van der Waals surface area contributed by atoms with Gasteiger partial charge in [-0.25, -0.2) is 4.79 Å². The van der Waals surface area contributed by atoms with E-state index in [1.54, 1.807) is 37.3 Å². The zero-order valence-electron chi connectivity index (χ0n) is 8.47. The molecule has 0 aliphatic rings. The maximum Gasteiger partial charge on any atom is 0.338 e. The van der Waals surface area contributed by atoms with Gasteiger partial charge in [-0.2, -0.15) is 0 Å². The molecule has 0 unspecified atom stereocenters. The fraction of sp³-hybridized carbons (Fsp3) is 0.167. The number of hydrogen-bond donors (Lipinski definition) is 0. The zero-order valence-corrected chi connectivity index (χ0v) is 8.47. The average molecular weight is 204 g/mol. The molecule has 0 atom stereocenters. The van der Waals surface area contributed by atoms with E-state index in [1.807, 2.05) is 0 Å². The second-order valence-corrected chi connectivity index (χ2v) is 2.84. The van der Waals surface area contributed by atoms with Crippen LogP contribution in [0, 0.1) is 0 Å². The molecule has 1 aromatic carbocycles. The lowest BCUT2D eigenvalue weighted by molar-refractivity contribution is -0.104. The van der Waals surface area contributed by atoms with Crippen molar-refractivity contribution >= 4 is 18.3 Å². The first-order valence-electron chi connectivity index (χ1n) is 4.67. The number of esters is 1. The van der Waals surface area contributed by atoms with Crippen LogP contribution in [0.15, 0.2) is 30.3 Å². The highest BCUT2D eigenvalue weighted by molar-refractivity contribution is 5.89. The molecule has 0 radical (unpaired) electrons. The van der Waals surface area contributed by atoms with E-state index < -0.39 is 0 Å². The Kier molecular flexibility index (Phi) is 4.29. The molecule has 0 amide bonds. The van der Waals surface area contributed by atoms with Crippen molar-refractivity contribution in [3.8, 4) is 0 Å². The van der Waals surface area contributed by atoms with E-state index in [0.29, 0.717) is 18.5 Å². The summed E-state index contributed by atoms with van der Waals surface area (Å²) < 4.78 is 4.84. The normalized spacial score (nSPS) is 10.2. The van der Waals surface area contributed by atoms with Crippen LogP contribution in [-0.4, -0.2) is 18.9 Å². The number of hydrogen-bond acceptors (Lipinski definition) is 3. The molecule has 0 fully saturated rings. The summed E-state index contributed by atoms with van der Waals surface area (Å²) in [5.41, 5.74) is 1.38. The van der Waals surface area contributed by atoms with Crippen molar-refractivity contribution in [3.05, 3.63) is 41.5 Å². The van der Waals surface area contributed by atoms with Gasteiger partial charge in [-0.1, -0.05) is 18.2 Å². The summed E-state index contributed by atoms with van der Waals surface area (Å²) in [5, 5.41) is 0. The number of allylic oxidation sites excluding steroid dienone is 1. The fourth-order valence-corrected chi connectivity index (χ4v) is 1.10. The van der Waals surface area contributed by atoms with Crippen LogP contribution in [0.2, 0.25) is 0 Å². The Morgan fingerprint density at radius 1 is 1.33 bits per heavy atom. The van der Waals surface area contributed by atoms with Gasteiger partial charge in [0, 0.05) is 0 Å². The summed E-state index contributed by atoms with van der Waals surface area (Å²) in [6.45, 7) is 2.13. The standard InChI is InChI=1S/C12H12O3/c1-2-15-12(14)11-7-5-10(6-8-11)4-3-9-13/h3-9H,2H2,1H3/b4-3+. The Morgan fingerprint density at radius 3 is 2.53 bits per heavy atom. The quantitative estimate of drug-likeness (QED) is 0.428. The SMILES string of the molecule is CCOC(=O)c1ccc(/C=C/C=O)cc1. The summed E-state index contributed by atoms with van der Waals surface area (Å²) in [7, 11) is 0. The van der Waals surface area contributed by atoms with Gasteiger partial charge in [0.15, 0.2) is 0 Å². The second kappa shape index (κ2) is 5.75. The molecule has 0 N–H and O–H groups in total. The van der Waals surface area contributed by atoms with Crippen molar-refractivity contribution < 1.29 is 14.3 Å². The summed E-state index contributed by atoms with van der Waals surface area (Å²) in [4.78, 5) is 21.4. The van der Waals surface area contributed by atoms with E-state index in [0.717, 1.165) is 5.56 Å². The minimum Gasteiger partial charge on any atom is -0.462 e. The minimum atomic E-state index is -0.330. The Balaban J connectivity index is 2.75. The van der Waals surface area contributed by atoms with Crippen LogP contribution < -0.4 is 0 Å². The topological polar surface area (TPSA) is 43.4 Å². The smallest absolute Gasteiger partial charge is 0.338 e. The van der Waals surface area contributed by atoms with Crippen LogP contribution in [-0.2, 0) is 9.53 Å². The van der Waals surface area contributed by atoms with Crippen molar-refractivity contribution in [1.82, 2.24) is 0 Å². The number of benzene rings is 1. The molecule has 0 aromatic heterocycles. The molecule has 3 heteroatoms. The first-order chi connectivity index (χ1) is 7.27. The van der Waals surface area contributed by atoms with E-state index in [1.165, 1.54) is 6.08 Å². The second-order valence-electron chi connectivity index (χ2n) is 2.84. The van der Waals surface area contributed by atoms with Crippen LogP contribution in [0.4, 0.5) is 0 Å². The predicted octanol–water partition coefficient (Wildman–Crippen LogP) is 2.08. The molecule has 1 rings (SSSR count). The highest BCUT2D eigenvalue weighted by Gasteiger charge is 2.04. The maximum atomic E-state index is 11.3. The van der Waals surface area contributed by atoms with E-state index >= 15 is 0 Å². The third-order valence-electron chi connectivity index (χ3n) is 1.79. The van der Waals surface area contributed by atoms with Gasteiger partial charge in [-0.3, -0.25) is 4.79 Å². The summed E-state index contributed by atoms with van der Waals surface area (Å²) >= 11 is 0. The Hall–Kier alpha value is -1.90. The maximum absolute atomic E-state index is 11.3. The van der Waals surface area contributed by atoms with Crippen LogP contribution in [0.1, 0.15) is 22.8 Å². The summed E-state index contributed by atoms with van der Waals surface area (Å²) in [6.07, 6.45) is 3.78. The lowest BCUT2D eigenvalue weighted by Gasteiger charge is -2.01. The van der Waals surface area contributed by atoms with Gasteiger partial charge in [0.05, 0.1) is 12.2 Å². The molecule has 0 aliphatic carbocycles. The molecule has 0 heterocycles. The van der Waals surface area contributed by atoms with Crippen molar-refractivity contribution in [1.29, 1.82) is 0 Å². The Bertz CT molecular complexity index is 363. The van der Waals surface area contributed by atoms with E-state index in [2.05, 4.69) is 0 Å². The Morgan fingerprint density at radius 2 is 2.00 bits per heavy atom. The molecular weight excluding hydrogens is 192 g/mol. The molecule has 0 saturated carbocycles. The van der Waals surface area contributed by atoms with Gasteiger partial charge in [0.1, 0.15) is 6.29 Å². The molecular formula is C12H12O3. The lowest BCUT2D eigenvalue weighted by atomic mass is 10.1. The van der Waals surface area contributed by atoms with E-state index in [9.17, 15) is 9.59 Å². The molecule has 0 aliphatic heterocycles.